The largest absolute Gasteiger partial charge is 0.395 e. The van der Waals surface area contributed by atoms with Gasteiger partial charge >= 0.3 is 0 Å². The second-order valence-electron chi connectivity index (χ2n) is 7.19. The van der Waals surface area contributed by atoms with Gasteiger partial charge in [-0.05, 0) is 18.9 Å². The van der Waals surface area contributed by atoms with Crippen molar-refractivity contribution < 1.29 is 19.5 Å². The second kappa shape index (κ2) is 9.98. The second-order valence-corrected chi connectivity index (χ2v) is 7.19. The third kappa shape index (κ3) is 4.83. The molecular weight excluding hydrogens is 386 g/mol. The van der Waals surface area contributed by atoms with E-state index in [2.05, 4.69) is 5.32 Å². The maximum absolute atomic E-state index is 13.3. The minimum Gasteiger partial charge on any atom is -0.395 e. The van der Waals surface area contributed by atoms with Crippen molar-refractivity contribution in [3.63, 3.8) is 0 Å². The Hall–Kier alpha value is -3.26. The Morgan fingerprint density at radius 1 is 1.03 bits per heavy atom. The van der Waals surface area contributed by atoms with E-state index < -0.39 is 23.3 Å². The van der Waals surface area contributed by atoms with Gasteiger partial charge in [-0.15, -0.1) is 0 Å². The maximum atomic E-state index is 13.3. The highest BCUT2D eigenvalue weighted by Gasteiger charge is 2.36. The van der Waals surface area contributed by atoms with Crippen molar-refractivity contribution in [1.82, 2.24) is 14.8 Å². The summed E-state index contributed by atoms with van der Waals surface area (Å²) in [6.45, 7) is 0.702. The number of carbonyl (C=O) groups is 3. The molecule has 1 aromatic heterocycles. The van der Waals surface area contributed by atoms with E-state index in [1.807, 2.05) is 0 Å². The van der Waals surface area contributed by atoms with E-state index in [4.69, 9.17) is 5.11 Å². The maximum Gasteiger partial charge on any atom is 0.253 e. The number of aliphatic hydroxyl groups excluding tert-OH is 1. The summed E-state index contributed by atoms with van der Waals surface area (Å²) >= 11 is 0. The molecule has 0 bridgehead atoms. The van der Waals surface area contributed by atoms with Crippen LogP contribution in [-0.4, -0.2) is 58.4 Å². The molecule has 0 radical (unpaired) electrons. The number of Topliss-reactive ketones (excluding diaryl/α,β-unsaturated/α-hetero) is 1. The van der Waals surface area contributed by atoms with Crippen LogP contribution < -0.4 is 10.9 Å². The fourth-order valence-corrected chi connectivity index (χ4v) is 3.63. The summed E-state index contributed by atoms with van der Waals surface area (Å²) in [6, 6.07) is 11.6. The number of carbonyl (C=O) groups excluding carboxylic acids is 3. The lowest BCUT2D eigenvalue weighted by Crippen LogP contribution is -2.48. The molecule has 2 aromatic rings. The minimum atomic E-state index is -1.29. The number of rotatable bonds is 7. The number of hydrogen-bond donors (Lipinski definition) is 2. The molecule has 0 saturated carbocycles. The molecule has 2 heterocycles. The van der Waals surface area contributed by atoms with Crippen LogP contribution >= 0.6 is 0 Å². The molecule has 1 saturated heterocycles. The Morgan fingerprint density at radius 2 is 1.70 bits per heavy atom. The molecule has 0 spiro atoms. The van der Waals surface area contributed by atoms with Gasteiger partial charge in [0.2, 0.25) is 5.91 Å². The van der Waals surface area contributed by atoms with Crippen LogP contribution in [0.1, 0.15) is 29.2 Å². The fourth-order valence-electron chi connectivity index (χ4n) is 3.63. The summed E-state index contributed by atoms with van der Waals surface area (Å²) < 4.78 is 1.16. The number of pyridine rings is 1. The Kier molecular flexibility index (Phi) is 7.13. The minimum absolute atomic E-state index is 0.127. The standard InChI is InChI=1S/C22H25N3O5/c26-15-11-23-21(29)17-9-13-24(14-10-17)22(30)19(25-12-5-4-8-18(25)27)20(28)16-6-2-1-3-7-16/h1-8,12,17,19,26H,9-11,13-15H2,(H,23,29). The molecule has 30 heavy (non-hydrogen) atoms. The molecule has 1 atom stereocenters. The predicted molar refractivity (Wildman–Crippen MR) is 110 cm³/mol. The molecule has 0 aliphatic carbocycles. The van der Waals surface area contributed by atoms with Crippen molar-refractivity contribution in [2.45, 2.75) is 18.9 Å². The van der Waals surface area contributed by atoms with E-state index in [9.17, 15) is 19.2 Å². The van der Waals surface area contributed by atoms with E-state index >= 15 is 0 Å². The molecule has 2 N–H and O–H groups in total. The van der Waals surface area contributed by atoms with Crippen LogP contribution in [0.4, 0.5) is 0 Å². The van der Waals surface area contributed by atoms with Crippen LogP contribution in [0.15, 0.2) is 59.5 Å². The average molecular weight is 411 g/mol. The van der Waals surface area contributed by atoms with E-state index in [0.717, 1.165) is 4.57 Å². The molecule has 8 heteroatoms. The highest BCUT2D eigenvalue weighted by atomic mass is 16.3. The Balaban J connectivity index is 1.80. The molecule has 158 valence electrons. The molecule has 1 aliphatic rings. The first kappa shape index (κ1) is 21.4. The number of likely N-dealkylation sites (tertiary alicyclic amines) is 1. The first-order valence-corrected chi connectivity index (χ1v) is 9.96. The number of aliphatic hydroxyl groups is 1. The summed E-state index contributed by atoms with van der Waals surface area (Å²) in [7, 11) is 0. The summed E-state index contributed by atoms with van der Waals surface area (Å²) in [5, 5.41) is 11.5. The van der Waals surface area contributed by atoms with Crippen molar-refractivity contribution in [1.29, 1.82) is 0 Å². The Bertz CT molecular complexity index is 949. The summed E-state index contributed by atoms with van der Waals surface area (Å²) in [4.78, 5) is 52.5. The van der Waals surface area contributed by atoms with Gasteiger partial charge in [0, 0.05) is 43.4 Å². The number of amides is 2. The molecule has 3 rings (SSSR count). The molecule has 1 unspecified atom stereocenters. The molecule has 1 aliphatic heterocycles. The van der Waals surface area contributed by atoms with Crippen molar-refractivity contribution in [3.05, 3.63) is 70.6 Å². The van der Waals surface area contributed by atoms with Gasteiger partial charge in [0.15, 0.2) is 11.8 Å². The van der Waals surface area contributed by atoms with Gasteiger partial charge < -0.3 is 15.3 Å². The Morgan fingerprint density at radius 3 is 2.33 bits per heavy atom. The molecule has 1 fully saturated rings. The number of ketones is 1. The van der Waals surface area contributed by atoms with Gasteiger partial charge in [0.25, 0.3) is 11.5 Å². The van der Waals surface area contributed by atoms with E-state index in [1.165, 1.54) is 12.3 Å². The van der Waals surface area contributed by atoms with Crippen molar-refractivity contribution in [3.8, 4) is 0 Å². The van der Waals surface area contributed by atoms with Crippen molar-refractivity contribution in [2.24, 2.45) is 5.92 Å². The van der Waals surface area contributed by atoms with Crippen molar-refractivity contribution in [2.75, 3.05) is 26.2 Å². The zero-order valence-electron chi connectivity index (χ0n) is 16.6. The first-order valence-electron chi connectivity index (χ1n) is 9.96. The highest BCUT2D eigenvalue weighted by molar-refractivity contribution is 6.11. The molecule has 2 amide bonds. The van der Waals surface area contributed by atoms with Gasteiger partial charge in [0.05, 0.1) is 6.61 Å². The van der Waals surface area contributed by atoms with Crippen LogP contribution in [0, 0.1) is 5.92 Å². The fraction of sp³-hybridized carbons (Fsp3) is 0.364. The highest BCUT2D eigenvalue weighted by Crippen LogP contribution is 2.22. The predicted octanol–water partition coefficient (Wildman–Crippen LogP) is 0.619. The van der Waals surface area contributed by atoms with Crippen LogP contribution in [0.2, 0.25) is 0 Å². The third-order valence-electron chi connectivity index (χ3n) is 5.26. The van der Waals surface area contributed by atoms with Crippen LogP contribution in [0.25, 0.3) is 0 Å². The third-order valence-corrected chi connectivity index (χ3v) is 5.26. The van der Waals surface area contributed by atoms with Crippen LogP contribution in [-0.2, 0) is 9.59 Å². The number of piperidine rings is 1. The lowest BCUT2D eigenvalue weighted by atomic mass is 9.94. The van der Waals surface area contributed by atoms with Crippen LogP contribution in [0.5, 0.6) is 0 Å². The van der Waals surface area contributed by atoms with Crippen LogP contribution in [0.3, 0.4) is 0 Å². The first-order chi connectivity index (χ1) is 14.5. The van der Waals surface area contributed by atoms with Crippen molar-refractivity contribution >= 4 is 17.6 Å². The number of aromatic nitrogens is 1. The van der Waals surface area contributed by atoms with Gasteiger partial charge in [-0.3, -0.25) is 23.7 Å². The van der Waals surface area contributed by atoms with E-state index in [1.54, 1.807) is 47.4 Å². The quantitative estimate of drug-likeness (QED) is 0.513. The number of nitrogens with zero attached hydrogens (tertiary/aromatic N) is 2. The normalized spacial score (nSPS) is 15.4. The number of nitrogens with one attached hydrogen (secondary N) is 1. The summed E-state index contributed by atoms with van der Waals surface area (Å²) in [5.41, 5.74) is -0.0803. The molecule has 1 aromatic carbocycles. The summed E-state index contributed by atoms with van der Waals surface area (Å²) in [6.07, 6.45) is 2.36. The SMILES string of the molecule is O=C(NCCO)C1CCN(C(=O)C(C(=O)c2ccccc2)n2ccccc2=O)CC1. The van der Waals surface area contributed by atoms with Gasteiger partial charge in [0.1, 0.15) is 0 Å². The zero-order chi connectivity index (χ0) is 21.5. The lowest BCUT2D eigenvalue weighted by molar-refractivity contribution is -0.137. The zero-order valence-corrected chi connectivity index (χ0v) is 16.6. The number of hydrogen-bond acceptors (Lipinski definition) is 5. The lowest BCUT2D eigenvalue weighted by Gasteiger charge is -2.33. The number of benzene rings is 1. The van der Waals surface area contributed by atoms with E-state index in [0.29, 0.717) is 31.5 Å². The van der Waals surface area contributed by atoms with E-state index in [-0.39, 0.29) is 25.0 Å². The van der Waals surface area contributed by atoms with Gasteiger partial charge in [-0.2, -0.15) is 0 Å². The molecular formula is C22H25N3O5. The Labute approximate surface area is 174 Å². The topological polar surface area (TPSA) is 109 Å². The average Bonchev–Trinajstić information content (AvgIpc) is 2.79. The summed E-state index contributed by atoms with van der Waals surface area (Å²) in [5.74, 6) is -1.29. The van der Waals surface area contributed by atoms with Gasteiger partial charge in [-0.1, -0.05) is 36.4 Å². The molecule has 8 nitrogen and oxygen atoms in total. The van der Waals surface area contributed by atoms with Gasteiger partial charge in [-0.25, -0.2) is 0 Å². The monoisotopic (exact) mass is 411 g/mol. The smallest absolute Gasteiger partial charge is 0.253 e.